The molecule has 0 bridgehead atoms. The number of rotatable bonds is 7. The summed E-state index contributed by atoms with van der Waals surface area (Å²) >= 11 is 5.90. The van der Waals surface area contributed by atoms with E-state index < -0.39 is 10.0 Å². The molecule has 4 nitrogen and oxygen atoms in total. The molecule has 3 aromatic rings. The molecule has 0 aliphatic carbocycles. The van der Waals surface area contributed by atoms with Gasteiger partial charge in [0.2, 0.25) is 10.0 Å². The summed E-state index contributed by atoms with van der Waals surface area (Å²) in [4.78, 5) is 2.35. The number of sulfonamides is 1. The topological polar surface area (TPSA) is 49.4 Å². The number of halogens is 1. The van der Waals surface area contributed by atoms with Crippen molar-refractivity contribution in [2.75, 3.05) is 18.5 Å². The van der Waals surface area contributed by atoms with E-state index in [0.29, 0.717) is 5.02 Å². The van der Waals surface area contributed by atoms with Gasteiger partial charge in [-0.1, -0.05) is 59.6 Å². The molecule has 0 aliphatic rings. The number of nitrogens with zero attached hydrogens (tertiary/aromatic N) is 1. The van der Waals surface area contributed by atoms with Gasteiger partial charge in [0.1, 0.15) is 0 Å². The zero-order valence-electron chi connectivity index (χ0n) is 17.7. The molecule has 0 unspecified atom stereocenters. The number of hydrogen-bond donors (Lipinski definition) is 1. The van der Waals surface area contributed by atoms with Crippen molar-refractivity contribution in [3.05, 3.63) is 94.0 Å². The molecular formula is C24H27ClN2O2S. The summed E-state index contributed by atoms with van der Waals surface area (Å²) in [6.07, 6.45) is 0. The predicted molar refractivity (Wildman–Crippen MR) is 125 cm³/mol. The number of benzene rings is 3. The second kappa shape index (κ2) is 9.21. The van der Waals surface area contributed by atoms with Gasteiger partial charge in [0.25, 0.3) is 0 Å². The number of nitrogens with one attached hydrogen (secondary N) is 1. The Balaban J connectivity index is 1.93. The first kappa shape index (κ1) is 22.3. The SMILES string of the molecule is Cc1cc(C)c(N(C)[C@H](CNS(=O)(=O)c2ccc(Cl)cc2)c2ccccc2)c(C)c1. The monoisotopic (exact) mass is 442 g/mol. The number of hydrogen-bond acceptors (Lipinski definition) is 3. The number of likely N-dealkylation sites (N-methyl/N-ethyl adjacent to an activating group) is 1. The number of aryl methyl sites for hydroxylation is 3. The zero-order valence-corrected chi connectivity index (χ0v) is 19.3. The largest absolute Gasteiger partial charge is 0.366 e. The van der Waals surface area contributed by atoms with E-state index in [1.54, 1.807) is 12.1 Å². The summed E-state index contributed by atoms with van der Waals surface area (Å²) in [6.45, 7) is 6.49. The molecule has 30 heavy (non-hydrogen) atoms. The molecule has 0 spiro atoms. The minimum absolute atomic E-state index is 0.173. The van der Waals surface area contributed by atoms with Crippen molar-refractivity contribution < 1.29 is 8.42 Å². The normalized spacial score (nSPS) is 12.6. The summed E-state index contributed by atoms with van der Waals surface area (Å²) in [5.41, 5.74) is 5.69. The third-order valence-corrected chi connectivity index (χ3v) is 6.92. The number of anilines is 1. The molecule has 1 N–H and O–H groups in total. The summed E-state index contributed by atoms with van der Waals surface area (Å²) in [7, 11) is -1.65. The Bertz CT molecular complexity index is 1090. The van der Waals surface area contributed by atoms with Crippen molar-refractivity contribution in [1.29, 1.82) is 0 Å². The van der Waals surface area contributed by atoms with Gasteiger partial charge in [0.15, 0.2) is 0 Å². The third-order valence-electron chi connectivity index (χ3n) is 5.23. The Morgan fingerprint density at radius 1 is 0.933 bits per heavy atom. The summed E-state index contributed by atoms with van der Waals surface area (Å²) in [6, 6.07) is 20.3. The van der Waals surface area contributed by atoms with E-state index in [-0.39, 0.29) is 17.5 Å². The summed E-state index contributed by atoms with van der Waals surface area (Å²) in [5.74, 6) is 0. The highest BCUT2D eigenvalue weighted by atomic mass is 35.5. The summed E-state index contributed by atoms with van der Waals surface area (Å²) < 4.78 is 28.5. The molecule has 0 aliphatic heterocycles. The van der Waals surface area contributed by atoms with Crippen LogP contribution >= 0.6 is 11.6 Å². The smallest absolute Gasteiger partial charge is 0.240 e. The molecule has 0 saturated heterocycles. The molecule has 0 fully saturated rings. The van der Waals surface area contributed by atoms with Crippen LogP contribution in [0.1, 0.15) is 28.3 Å². The predicted octanol–water partition coefficient (Wildman–Crippen LogP) is 5.42. The van der Waals surface area contributed by atoms with Gasteiger partial charge in [-0.2, -0.15) is 0 Å². The molecule has 0 saturated carbocycles. The maximum atomic E-state index is 12.8. The zero-order chi connectivity index (χ0) is 21.9. The van der Waals surface area contributed by atoms with Gasteiger partial charge in [-0.15, -0.1) is 0 Å². The van der Waals surface area contributed by atoms with Gasteiger partial charge in [-0.25, -0.2) is 13.1 Å². The molecule has 3 aromatic carbocycles. The van der Waals surface area contributed by atoms with E-state index in [1.165, 1.54) is 17.7 Å². The van der Waals surface area contributed by atoms with E-state index in [1.807, 2.05) is 37.4 Å². The van der Waals surface area contributed by atoms with Crippen molar-refractivity contribution >= 4 is 27.3 Å². The van der Waals surface area contributed by atoms with E-state index in [2.05, 4.69) is 42.5 Å². The average molecular weight is 443 g/mol. The fraction of sp³-hybridized carbons (Fsp3) is 0.250. The Kier molecular flexibility index (Phi) is 6.86. The van der Waals surface area contributed by atoms with Crippen LogP contribution < -0.4 is 9.62 Å². The molecule has 0 heterocycles. The van der Waals surface area contributed by atoms with Crippen LogP contribution in [-0.4, -0.2) is 22.0 Å². The van der Waals surface area contributed by atoms with Crippen LogP contribution in [0.3, 0.4) is 0 Å². The van der Waals surface area contributed by atoms with Crippen LogP contribution in [0.25, 0.3) is 0 Å². The molecular weight excluding hydrogens is 416 g/mol. The average Bonchev–Trinajstić information content (AvgIpc) is 2.68. The van der Waals surface area contributed by atoms with Crippen LogP contribution in [0.2, 0.25) is 5.02 Å². The van der Waals surface area contributed by atoms with E-state index in [0.717, 1.165) is 22.4 Å². The lowest BCUT2D eigenvalue weighted by atomic mass is 10.00. The molecule has 0 aromatic heterocycles. The van der Waals surface area contributed by atoms with Crippen LogP contribution in [0.5, 0.6) is 0 Å². The Hall–Kier alpha value is -2.34. The van der Waals surface area contributed by atoms with Crippen LogP contribution in [0.4, 0.5) is 5.69 Å². The third kappa shape index (κ3) is 5.04. The second-order valence-corrected chi connectivity index (χ2v) is 9.79. The van der Waals surface area contributed by atoms with Crippen LogP contribution in [-0.2, 0) is 10.0 Å². The first-order valence-corrected chi connectivity index (χ1v) is 11.7. The van der Waals surface area contributed by atoms with Gasteiger partial charge in [-0.05, 0) is 61.7 Å². The fourth-order valence-corrected chi connectivity index (χ4v) is 5.09. The molecule has 3 rings (SSSR count). The van der Waals surface area contributed by atoms with Crippen molar-refractivity contribution in [2.45, 2.75) is 31.7 Å². The van der Waals surface area contributed by atoms with Gasteiger partial charge >= 0.3 is 0 Å². The Morgan fingerprint density at radius 2 is 1.50 bits per heavy atom. The standard InChI is InChI=1S/C24H27ClN2O2S/c1-17-14-18(2)24(19(3)15-17)27(4)23(20-8-6-5-7-9-20)16-26-30(28,29)22-12-10-21(25)11-13-22/h5-15,23,26H,16H2,1-4H3/t23-/m1/s1. The maximum absolute atomic E-state index is 12.8. The van der Waals surface area contributed by atoms with Crippen LogP contribution in [0, 0.1) is 20.8 Å². The Morgan fingerprint density at radius 3 is 2.07 bits per heavy atom. The lowest BCUT2D eigenvalue weighted by molar-refractivity contribution is 0.567. The highest BCUT2D eigenvalue weighted by Gasteiger charge is 2.23. The van der Waals surface area contributed by atoms with Gasteiger partial charge in [-0.3, -0.25) is 0 Å². The first-order valence-electron chi connectivity index (χ1n) is 9.80. The van der Waals surface area contributed by atoms with Gasteiger partial charge < -0.3 is 4.90 Å². The van der Waals surface area contributed by atoms with E-state index in [9.17, 15) is 8.42 Å². The highest BCUT2D eigenvalue weighted by molar-refractivity contribution is 7.89. The maximum Gasteiger partial charge on any atom is 0.240 e. The summed E-state index contributed by atoms with van der Waals surface area (Å²) in [5, 5.41) is 0.501. The second-order valence-electron chi connectivity index (χ2n) is 7.59. The minimum Gasteiger partial charge on any atom is -0.366 e. The quantitative estimate of drug-likeness (QED) is 0.531. The lowest BCUT2D eigenvalue weighted by Crippen LogP contribution is -2.36. The van der Waals surface area contributed by atoms with Gasteiger partial charge in [0, 0.05) is 24.3 Å². The molecule has 1 atom stereocenters. The molecule has 158 valence electrons. The Labute approximate surface area is 184 Å². The fourth-order valence-electron chi connectivity index (χ4n) is 3.92. The van der Waals surface area contributed by atoms with Crippen molar-refractivity contribution in [2.24, 2.45) is 0 Å². The van der Waals surface area contributed by atoms with Crippen LogP contribution in [0.15, 0.2) is 71.6 Å². The molecule has 6 heteroatoms. The van der Waals surface area contributed by atoms with E-state index in [4.69, 9.17) is 11.6 Å². The molecule has 0 radical (unpaired) electrons. The van der Waals surface area contributed by atoms with Crippen molar-refractivity contribution in [3.8, 4) is 0 Å². The van der Waals surface area contributed by atoms with Crippen molar-refractivity contribution in [1.82, 2.24) is 4.72 Å². The highest BCUT2D eigenvalue weighted by Crippen LogP contribution is 2.32. The van der Waals surface area contributed by atoms with Gasteiger partial charge in [0.05, 0.1) is 10.9 Å². The minimum atomic E-state index is -3.66. The molecule has 0 amide bonds. The first-order chi connectivity index (χ1) is 14.2. The van der Waals surface area contributed by atoms with Crippen molar-refractivity contribution in [3.63, 3.8) is 0 Å². The lowest BCUT2D eigenvalue weighted by Gasteiger charge is -2.33. The van der Waals surface area contributed by atoms with E-state index >= 15 is 0 Å².